The van der Waals surface area contributed by atoms with Crippen molar-refractivity contribution in [3.05, 3.63) is 65.5 Å². The van der Waals surface area contributed by atoms with Crippen LogP contribution in [0.4, 0.5) is 41.2 Å². The first kappa shape index (κ1) is 30.3. The number of hydrogen-bond donors (Lipinski definition) is 3. The predicted octanol–water partition coefficient (Wildman–Crippen LogP) is 4.28. The van der Waals surface area contributed by atoms with E-state index in [4.69, 9.17) is 0 Å². The van der Waals surface area contributed by atoms with Gasteiger partial charge in [-0.2, -0.15) is 26.3 Å². The summed E-state index contributed by atoms with van der Waals surface area (Å²) in [6.07, 6.45) is -11.0. The highest BCUT2D eigenvalue weighted by atomic mass is 19.4. The topological polar surface area (TPSA) is 114 Å². The fraction of sp³-hybridized carbons (Fsp3) is 0.348. The van der Waals surface area contributed by atoms with Crippen LogP contribution in [0.3, 0.4) is 0 Å². The van der Waals surface area contributed by atoms with E-state index in [-0.39, 0.29) is 0 Å². The number of urea groups is 1. The molecule has 15 heteroatoms. The van der Waals surface area contributed by atoms with Gasteiger partial charge in [-0.15, -0.1) is 0 Å². The number of nitrogens with one attached hydrogen (secondary N) is 2. The fourth-order valence-corrected chi connectivity index (χ4v) is 3.29. The molecule has 0 bridgehead atoms. The molecule has 2 unspecified atom stereocenters. The van der Waals surface area contributed by atoms with E-state index in [9.17, 15) is 50.2 Å². The van der Waals surface area contributed by atoms with Gasteiger partial charge in [-0.05, 0) is 43.7 Å². The first-order valence-electron chi connectivity index (χ1n) is 10.7. The van der Waals surface area contributed by atoms with E-state index < -0.39 is 77.3 Å². The van der Waals surface area contributed by atoms with E-state index in [1.165, 1.54) is 19.2 Å². The molecule has 0 heterocycles. The molecule has 38 heavy (non-hydrogen) atoms. The Balaban J connectivity index is 2.43. The van der Waals surface area contributed by atoms with Gasteiger partial charge in [0.15, 0.2) is 0 Å². The molecule has 0 spiro atoms. The Morgan fingerprint density at radius 1 is 0.763 bits per heavy atom. The molecular weight excluding hydrogens is 533 g/mol. The SMILES string of the molecule is CCOC(=O)C(O)(c1ccc(NC(=O)NC(C(=O)OCC)(c2ccc(F)cc2)C(F)(F)F)cc1)C(F)(F)F. The molecule has 2 amide bonds. The van der Waals surface area contributed by atoms with Gasteiger partial charge in [0.25, 0.3) is 11.1 Å². The lowest BCUT2D eigenvalue weighted by molar-refractivity contribution is -0.267. The number of benzene rings is 2. The largest absolute Gasteiger partial charge is 0.464 e. The summed E-state index contributed by atoms with van der Waals surface area (Å²) in [7, 11) is 0. The number of rotatable bonds is 8. The van der Waals surface area contributed by atoms with E-state index in [2.05, 4.69) is 9.47 Å². The molecule has 0 aliphatic rings. The standard InChI is InChI=1S/C23H21F7N2O6/c1-3-37-17(33)20(22(25,26)27,13-5-9-15(24)10-6-13)32-19(35)31-16-11-7-14(8-12-16)21(36,23(28,29)30)18(34)38-4-2/h5-12,36H,3-4H2,1-2H3,(H2,31,32,35). The highest BCUT2D eigenvalue weighted by molar-refractivity contribution is 5.95. The van der Waals surface area contributed by atoms with Crippen molar-refractivity contribution in [1.82, 2.24) is 5.32 Å². The number of hydrogen-bond acceptors (Lipinski definition) is 6. The van der Waals surface area contributed by atoms with Crippen LogP contribution in [0.25, 0.3) is 0 Å². The zero-order chi connectivity index (χ0) is 28.9. The van der Waals surface area contributed by atoms with Crippen molar-refractivity contribution in [1.29, 1.82) is 0 Å². The zero-order valence-electron chi connectivity index (χ0n) is 19.7. The first-order valence-corrected chi connectivity index (χ1v) is 10.7. The molecule has 2 aromatic carbocycles. The highest BCUT2D eigenvalue weighted by Crippen LogP contribution is 2.42. The maximum atomic E-state index is 14.3. The minimum atomic E-state index is -5.51. The van der Waals surface area contributed by atoms with Gasteiger partial charge < -0.3 is 25.2 Å². The normalized spacial score (nSPS) is 15.0. The number of anilines is 1. The van der Waals surface area contributed by atoms with E-state index in [0.717, 1.165) is 12.1 Å². The Labute approximate surface area is 210 Å². The third-order valence-electron chi connectivity index (χ3n) is 5.13. The van der Waals surface area contributed by atoms with Crippen molar-refractivity contribution in [2.75, 3.05) is 18.5 Å². The number of carbonyl (C=O) groups is 3. The lowest BCUT2D eigenvalue weighted by Crippen LogP contribution is -2.62. The fourth-order valence-electron chi connectivity index (χ4n) is 3.29. The van der Waals surface area contributed by atoms with Gasteiger partial charge in [-0.3, -0.25) is 0 Å². The van der Waals surface area contributed by atoms with Crippen molar-refractivity contribution < 1.29 is 59.7 Å². The predicted molar refractivity (Wildman–Crippen MR) is 116 cm³/mol. The van der Waals surface area contributed by atoms with Crippen molar-refractivity contribution in [2.45, 2.75) is 37.3 Å². The number of carbonyl (C=O) groups excluding carboxylic acids is 3. The summed E-state index contributed by atoms with van der Waals surface area (Å²) >= 11 is 0. The summed E-state index contributed by atoms with van der Waals surface area (Å²) in [5.41, 5.74) is -10.1. The van der Waals surface area contributed by atoms with Crippen LogP contribution < -0.4 is 10.6 Å². The summed E-state index contributed by atoms with van der Waals surface area (Å²) in [4.78, 5) is 36.9. The van der Waals surface area contributed by atoms with Crippen LogP contribution in [-0.2, 0) is 30.2 Å². The summed E-state index contributed by atoms with van der Waals surface area (Å²) in [6, 6.07) is 3.50. The number of ether oxygens (including phenoxy) is 2. The molecule has 8 nitrogen and oxygen atoms in total. The van der Waals surface area contributed by atoms with Crippen LogP contribution in [0.5, 0.6) is 0 Å². The Morgan fingerprint density at radius 3 is 1.68 bits per heavy atom. The number of alkyl halides is 6. The number of aliphatic hydroxyl groups is 1. The molecule has 0 fully saturated rings. The van der Waals surface area contributed by atoms with Crippen LogP contribution in [0, 0.1) is 5.82 Å². The summed E-state index contributed by atoms with van der Waals surface area (Å²) in [5.74, 6) is -4.89. The average molecular weight is 554 g/mol. The Morgan fingerprint density at radius 2 is 1.24 bits per heavy atom. The molecule has 0 aromatic heterocycles. The molecule has 0 saturated heterocycles. The zero-order valence-corrected chi connectivity index (χ0v) is 19.7. The Hall–Kier alpha value is -3.88. The van der Waals surface area contributed by atoms with Gasteiger partial charge >= 0.3 is 30.3 Å². The lowest BCUT2D eigenvalue weighted by atomic mass is 9.89. The van der Waals surface area contributed by atoms with Crippen LogP contribution >= 0.6 is 0 Å². The van der Waals surface area contributed by atoms with Gasteiger partial charge in [-0.25, -0.2) is 18.8 Å². The third-order valence-corrected chi connectivity index (χ3v) is 5.13. The molecule has 2 aromatic rings. The summed E-state index contributed by atoms with van der Waals surface area (Å²) < 4.78 is 105. The van der Waals surface area contributed by atoms with E-state index in [1.54, 1.807) is 0 Å². The van der Waals surface area contributed by atoms with Gasteiger partial charge in [-0.1, -0.05) is 24.3 Å². The second kappa shape index (κ2) is 11.2. The molecule has 0 saturated carbocycles. The molecule has 3 N–H and O–H groups in total. The van der Waals surface area contributed by atoms with E-state index in [1.807, 2.05) is 5.32 Å². The van der Waals surface area contributed by atoms with E-state index >= 15 is 0 Å². The third kappa shape index (κ3) is 5.82. The van der Waals surface area contributed by atoms with Crippen LogP contribution in [0.2, 0.25) is 0 Å². The van der Waals surface area contributed by atoms with Crippen LogP contribution in [0.15, 0.2) is 48.5 Å². The Kier molecular flexibility index (Phi) is 8.98. The molecule has 2 rings (SSSR count). The second-order valence-electron chi connectivity index (χ2n) is 7.56. The molecule has 208 valence electrons. The second-order valence-corrected chi connectivity index (χ2v) is 7.56. The van der Waals surface area contributed by atoms with Gasteiger partial charge in [0.05, 0.1) is 13.2 Å². The first-order chi connectivity index (χ1) is 17.5. The van der Waals surface area contributed by atoms with Crippen molar-refractivity contribution in [2.24, 2.45) is 0 Å². The summed E-state index contributed by atoms with van der Waals surface area (Å²) in [5, 5.41) is 13.5. The van der Waals surface area contributed by atoms with Crippen molar-refractivity contribution >= 4 is 23.7 Å². The quantitative estimate of drug-likeness (QED) is 0.332. The smallest absolute Gasteiger partial charge is 0.432 e. The molecule has 2 atom stereocenters. The lowest BCUT2D eigenvalue weighted by Gasteiger charge is -2.34. The Bertz CT molecular complexity index is 1150. The maximum absolute atomic E-state index is 14.3. The minimum absolute atomic E-state index is 0.390. The van der Waals surface area contributed by atoms with Gasteiger partial charge in [0.2, 0.25) is 0 Å². The van der Waals surface area contributed by atoms with Crippen LogP contribution in [-0.4, -0.2) is 48.6 Å². The number of halogens is 7. The van der Waals surface area contributed by atoms with E-state index in [0.29, 0.717) is 36.4 Å². The van der Waals surface area contributed by atoms with Crippen molar-refractivity contribution in [3.63, 3.8) is 0 Å². The molecule has 0 aliphatic carbocycles. The van der Waals surface area contributed by atoms with Gasteiger partial charge in [0, 0.05) is 11.3 Å². The molecular formula is C23H21F7N2O6. The molecule has 0 radical (unpaired) electrons. The maximum Gasteiger partial charge on any atom is 0.432 e. The molecule has 0 aliphatic heterocycles. The average Bonchev–Trinajstić information content (AvgIpc) is 2.82. The number of esters is 2. The van der Waals surface area contributed by atoms with Gasteiger partial charge in [0.1, 0.15) is 5.82 Å². The monoisotopic (exact) mass is 554 g/mol. The van der Waals surface area contributed by atoms with Crippen molar-refractivity contribution in [3.8, 4) is 0 Å². The van der Waals surface area contributed by atoms with Crippen LogP contribution in [0.1, 0.15) is 25.0 Å². The summed E-state index contributed by atoms with van der Waals surface area (Å²) in [6.45, 7) is 1.44. The highest BCUT2D eigenvalue weighted by Gasteiger charge is 2.64. The number of amides is 2. The minimum Gasteiger partial charge on any atom is -0.464 e.